The molecule has 2 amide bonds. The van der Waals surface area contributed by atoms with E-state index in [-0.39, 0.29) is 5.75 Å². The topological polar surface area (TPSA) is 91.2 Å². The zero-order valence-electron chi connectivity index (χ0n) is 11.7. The maximum atomic E-state index is 11.7. The number of ether oxygens (including phenoxy) is 1. The highest BCUT2D eigenvalue weighted by atomic mass is 16.5. The molecule has 0 aromatic heterocycles. The Kier molecular flexibility index (Phi) is 4.76. The van der Waals surface area contributed by atoms with E-state index in [2.05, 4.69) is 10.5 Å². The fourth-order valence-corrected chi connectivity index (χ4v) is 2.08. The summed E-state index contributed by atoms with van der Waals surface area (Å²) in [5.41, 5.74) is 2.54. The molecule has 112 valence electrons. The number of methoxy groups -OCH3 is 1. The number of para-hydroxylation sites is 1. The number of phenols is 1. The lowest BCUT2D eigenvalue weighted by Crippen LogP contribution is -2.39. The lowest BCUT2D eigenvalue weighted by Gasteiger charge is -2.12. The Morgan fingerprint density at radius 1 is 1.38 bits per heavy atom. The molecule has 0 bridgehead atoms. The van der Waals surface area contributed by atoms with Crippen molar-refractivity contribution in [2.24, 2.45) is 5.10 Å². The average molecular weight is 291 g/mol. The van der Waals surface area contributed by atoms with Crippen molar-refractivity contribution in [2.75, 3.05) is 20.2 Å². The number of nitrogens with zero attached hydrogens (tertiary/aromatic N) is 2. The van der Waals surface area contributed by atoms with E-state index in [4.69, 9.17) is 4.74 Å². The first-order valence-electron chi connectivity index (χ1n) is 6.61. The molecule has 0 atom stereocenters. The second kappa shape index (κ2) is 6.74. The molecule has 1 heterocycles. The van der Waals surface area contributed by atoms with Gasteiger partial charge >= 0.3 is 11.8 Å². The van der Waals surface area contributed by atoms with Crippen LogP contribution in [0.25, 0.3) is 0 Å². The smallest absolute Gasteiger partial charge is 0.329 e. The van der Waals surface area contributed by atoms with Crippen LogP contribution in [-0.2, 0) is 9.59 Å². The van der Waals surface area contributed by atoms with E-state index in [1.54, 1.807) is 18.2 Å². The third-order valence-corrected chi connectivity index (χ3v) is 3.21. The van der Waals surface area contributed by atoms with Gasteiger partial charge in [0.1, 0.15) is 0 Å². The zero-order chi connectivity index (χ0) is 15.2. The molecule has 21 heavy (non-hydrogen) atoms. The number of aromatic hydroxyl groups is 1. The van der Waals surface area contributed by atoms with Gasteiger partial charge in [-0.15, -0.1) is 0 Å². The van der Waals surface area contributed by atoms with Gasteiger partial charge in [-0.1, -0.05) is 6.07 Å². The molecule has 1 aromatic rings. The molecule has 1 fully saturated rings. The highest BCUT2D eigenvalue weighted by Crippen LogP contribution is 2.27. The van der Waals surface area contributed by atoms with Gasteiger partial charge in [0.15, 0.2) is 11.5 Å². The van der Waals surface area contributed by atoms with Crippen LogP contribution in [0.15, 0.2) is 23.3 Å². The van der Waals surface area contributed by atoms with E-state index in [9.17, 15) is 14.7 Å². The van der Waals surface area contributed by atoms with Crippen LogP contribution in [0.5, 0.6) is 11.5 Å². The number of likely N-dealkylation sites (tertiary alicyclic amines) is 1. The van der Waals surface area contributed by atoms with E-state index >= 15 is 0 Å². The molecule has 1 aliphatic rings. The molecule has 0 aliphatic carbocycles. The Labute approximate surface area is 122 Å². The fraction of sp³-hybridized carbons (Fsp3) is 0.357. The third-order valence-electron chi connectivity index (χ3n) is 3.21. The van der Waals surface area contributed by atoms with Gasteiger partial charge in [0, 0.05) is 18.7 Å². The second-order valence-electron chi connectivity index (χ2n) is 4.60. The summed E-state index contributed by atoms with van der Waals surface area (Å²) >= 11 is 0. The Balaban J connectivity index is 1.96. The van der Waals surface area contributed by atoms with Gasteiger partial charge in [0.25, 0.3) is 0 Å². The van der Waals surface area contributed by atoms with Crippen molar-refractivity contribution >= 4 is 18.0 Å². The number of hydrazone groups is 1. The van der Waals surface area contributed by atoms with Gasteiger partial charge in [-0.2, -0.15) is 5.10 Å². The van der Waals surface area contributed by atoms with Crippen LogP contribution in [0.1, 0.15) is 18.4 Å². The summed E-state index contributed by atoms with van der Waals surface area (Å²) in [5.74, 6) is -1.14. The highest BCUT2D eigenvalue weighted by molar-refractivity contribution is 6.35. The Hall–Kier alpha value is -2.57. The van der Waals surface area contributed by atoms with Gasteiger partial charge in [-0.25, -0.2) is 5.43 Å². The summed E-state index contributed by atoms with van der Waals surface area (Å²) in [4.78, 5) is 24.8. The van der Waals surface area contributed by atoms with Crippen molar-refractivity contribution in [1.29, 1.82) is 0 Å². The standard InChI is InChI=1S/C14H17N3O4/c1-21-11-6-4-5-10(12(11)18)9-15-16-13(19)14(20)17-7-2-3-8-17/h4-6,9,18H,2-3,7-8H2,1H3,(H,16,19)/b15-9+. The van der Waals surface area contributed by atoms with E-state index in [0.717, 1.165) is 12.8 Å². The first-order valence-corrected chi connectivity index (χ1v) is 6.61. The average Bonchev–Trinajstić information content (AvgIpc) is 3.02. The van der Waals surface area contributed by atoms with E-state index in [0.29, 0.717) is 24.4 Å². The number of phenolic OH excluding ortho intramolecular Hbond substituents is 1. The summed E-state index contributed by atoms with van der Waals surface area (Å²) < 4.78 is 4.96. The molecule has 7 nitrogen and oxygen atoms in total. The maximum absolute atomic E-state index is 11.7. The number of carbonyl (C=O) groups excluding carboxylic acids is 2. The van der Waals surface area contributed by atoms with Crippen molar-refractivity contribution in [1.82, 2.24) is 10.3 Å². The Morgan fingerprint density at radius 2 is 2.10 bits per heavy atom. The molecule has 2 rings (SSSR count). The van der Waals surface area contributed by atoms with Crippen LogP contribution in [0.3, 0.4) is 0 Å². The van der Waals surface area contributed by atoms with Crippen LogP contribution in [0.4, 0.5) is 0 Å². The van der Waals surface area contributed by atoms with Gasteiger partial charge in [-0.3, -0.25) is 9.59 Å². The predicted molar refractivity (Wildman–Crippen MR) is 76.2 cm³/mol. The highest BCUT2D eigenvalue weighted by Gasteiger charge is 2.23. The van der Waals surface area contributed by atoms with Crippen molar-refractivity contribution < 1.29 is 19.4 Å². The van der Waals surface area contributed by atoms with Crippen LogP contribution in [0.2, 0.25) is 0 Å². The molecule has 1 aliphatic heterocycles. The number of amides is 2. The minimum atomic E-state index is -0.782. The molecule has 0 spiro atoms. The molecule has 0 unspecified atom stereocenters. The Morgan fingerprint density at radius 3 is 2.76 bits per heavy atom. The summed E-state index contributed by atoms with van der Waals surface area (Å²) in [6.07, 6.45) is 3.09. The SMILES string of the molecule is COc1cccc(/C=N/NC(=O)C(=O)N2CCCC2)c1O. The second-order valence-corrected chi connectivity index (χ2v) is 4.60. The summed E-state index contributed by atoms with van der Waals surface area (Å²) in [5, 5.41) is 13.5. The maximum Gasteiger partial charge on any atom is 0.329 e. The first kappa shape index (κ1) is 14.8. The number of nitrogens with one attached hydrogen (secondary N) is 1. The monoisotopic (exact) mass is 291 g/mol. The number of benzene rings is 1. The quantitative estimate of drug-likeness (QED) is 0.481. The number of rotatable bonds is 3. The van der Waals surface area contributed by atoms with Crippen LogP contribution >= 0.6 is 0 Å². The number of hydrogen-bond donors (Lipinski definition) is 2. The van der Waals surface area contributed by atoms with Crippen LogP contribution < -0.4 is 10.2 Å². The largest absolute Gasteiger partial charge is 0.504 e. The van der Waals surface area contributed by atoms with Crippen molar-refractivity contribution in [2.45, 2.75) is 12.8 Å². The van der Waals surface area contributed by atoms with Gasteiger partial charge in [0.2, 0.25) is 0 Å². The molecule has 0 saturated carbocycles. The number of carbonyl (C=O) groups is 2. The lowest BCUT2D eigenvalue weighted by atomic mass is 10.2. The van der Waals surface area contributed by atoms with Crippen LogP contribution in [0, 0.1) is 0 Å². The van der Waals surface area contributed by atoms with Crippen molar-refractivity contribution in [3.63, 3.8) is 0 Å². The molecular formula is C14H17N3O4. The third kappa shape index (κ3) is 3.50. The summed E-state index contributed by atoms with van der Waals surface area (Å²) in [6.45, 7) is 1.21. The Bertz CT molecular complexity index is 565. The van der Waals surface area contributed by atoms with E-state index in [1.807, 2.05) is 0 Å². The van der Waals surface area contributed by atoms with Crippen LogP contribution in [-0.4, -0.2) is 48.2 Å². The molecule has 1 saturated heterocycles. The molecule has 1 aromatic carbocycles. The van der Waals surface area contributed by atoms with E-state index in [1.165, 1.54) is 18.2 Å². The minimum absolute atomic E-state index is 0.0798. The predicted octanol–water partition coefficient (Wildman–Crippen LogP) is 0.473. The lowest BCUT2D eigenvalue weighted by molar-refractivity contribution is -0.145. The van der Waals surface area contributed by atoms with E-state index < -0.39 is 11.8 Å². The zero-order valence-corrected chi connectivity index (χ0v) is 11.7. The molecule has 0 radical (unpaired) electrons. The minimum Gasteiger partial charge on any atom is -0.504 e. The van der Waals surface area contributed by atoms with Crippen molar-refractivity contribution in [3.8, 4) is 11.5 Å². The van der Waals surface area contributed by atoms with Gasteiger partial charge < -0.3 is 14.7 Å². The molecule has 2 N–H and O–H groups in total. The fourth-order valence-electron chi connectivity index (χ4n) is 2.08. The van der Waals surface area contributed by atoms with Gasteiger partial charge in [-0.05, 0) is 25.0 Å². The van der Waals surface area contributed by atoms with Crippen molar-refractivity contribution in [3.05, 3.63) is 23.8 Å². The molecule has 7 heteroatoms. The van der Waals surface area contributed by atoms with Gasteiger partial charge in [0.05, 0.1) is 13.3 Å². The normalized spacial score (nSPS) is 14.4. The summed E-state index contributed by atoms with van der Waals surface area (Å²) in [6, 6.07) is 4.88. The number of hydrogen-bond acceptors (Lipinski definition) is 5. The first-order chi connectivity index (χ1) is 10.1. The summed E-state index contributed by atoms with van der Waals surface area (Å²) in [7, 11) is 1.44. The molecular weight excluding hydrogens is 274 g/mol.